The molecule has 0 spiro atoms. The SMILES string of the molecule is C[C@@H](NC(=O)[C@@H]1CCCN1C(=O)CNc1cnccc1C(=N)C(N)=O)[C@H]1CC1(Cl)Cl. The Morgan fingerprint density at radius 3 is 2.77 bits per heavy atom. The lowest BCUT2D eigenvalue weighted by molar-refractivity contribution is -0.137. The van der Waals surface area contributed by atoms with Gasteiger partial charge in [0.05, 0.1) is 18.4 Å². The van der Waals surface area contributed by atoms with E-state index in [4.69, 9.17) is 34.3 Å². The number of pyridine rings is 1. The van der Waals surface area contributed by atoms with E-state index in [1.165, 1.54) is 23.4 Å². The largest absolute Gasteiger partial charge is 0.374 e. The number of aromatic nitrogens is 1. The zero-order valence-corrected chi connectivity index (χ0v) is 18.0. The summed E-state index contributed by atoms with van der Waals surface area (Å²) in [6.45, 7) is 2.22. The third-order valence-electron chi connectivity index (χ3n) is 5.49. The van der Waals surface area contributed by atoms with E-state index in [2.05, 4.69) is 15.6 Å². The molecular weight excluding hydrogens is 431 g/mol. The van der Waals surface area contributed by atoms with Crippen molar-refractivity contribution in [3.63, 3.8) is 0 Å². The molecule has 2 aliphatic rings. The molecule has 3 amide bonds. The fraction of sp³-hybridized carbons (Fsp3) is 0.526. The van der Waals surface area contributed by atoms with Crippen LogP contribution < -0.4 is 16.4 Å². The van der Waals surface area contributed by atoms with Crippen LogP contribution in [0.1, 0.15) is 31.7 Å². The number of alkyl halides is 2. The number of hydrogen-bond donors (Lipinski definition) is 4. The molecule has 162 valence electrons. The first kappa shape index (κ1) is 22.3. The van der Waals surface area contributed by atoms with E-state index in [1.54, 1.807) is 0 Å². The number of amides is 3. The number of hydrogen-bond acceptors (Lipinski definition) is 6. The molecule has 0 bridgehead atoms. The maximum Gasteiger partial charge on any atom is 0.267 e. The van der Waals surface area contributed by atoms with Crippen LogP contribution >= 0.6 is 23.2 Å². The van der Waals surface area contributed by atoms with Crippen LogP contribution in [0, 0.1) is 11.3 Å². The van der Waals surface area contributed by atoms with Crippen LogP contribution in [0.15, 0.2) is 18.5 Å². The third kappa shape index (κ3) is 4.84. The van der Waals surface area contributed by atoms with Gasteiger partial charge in [0, 0.05) is 30.3 Å². The Kier molecular flexibility index (Phi) is 6.52. The smallest absolute Gasteiger partial charge is 0.267 e. The molecule has 1 saturated heterocycles. The molecule has 2 heterocycles. The quantitative estimate of drug-likeness (QED) is 0.342. The van der Waals surface area contributed by atoms with Crippen molar-refractivity contribution in [3.8, 4) is 0 Å². The van der Waals surface area contributed by atoms with Gasteiger partial charge in [0.2, 0.25) is 11.8 Å². The fourth-order valence-corrected chi connectivity index (χ4v) is 4.40. The normalized spacial score (nSPS) is 22.8. The van der Waals surface area contributed by atoms with Gasteiger partial charge >= 0.3 is 0 Å². The summed E-state index contributed by atoms with van der Waals surface area (Å²) in [5, 5.41) is 13.6. The highest BCUT2D eigenvalue weighted by Crippen LogP contribution is 2.54. The molecule has 1 aromatic heterocycles. The van der Waals surface area contributed by atoms with E-state index in [0.29, 0.717) is 25.1 Å². The van der Waals surface area contributed by atoms with Crippen LogP contribution in [-0.4, -0.2) is 62.8 Å². The maximum absolute atomic E-state index is 12.8. The monoisotopic (exact) mass is 454 g/mol. The van der Waals surface area contributed by atoms with Gasteiger partial charge in [-0.25, -0.2) is 0 Å². The number of nitrogens with one attached hydrogen (secondary N) is 3. The lowest BCUT2D eigenvalue weighted by atomic mass is 10.1. The molecule has 0 unspecified atom stereocenters. The van der Waals surface area contributed by atoms with Gasteiger partial charge in [0.25, 0.3) is 5.91 Å². The minimum Gasteiger partial charge on any atom is -0.374 e. The molecule has 3 atom stereocenters. The number of carbonyl (C=O) groups is 3. The second kappa shape index (κ2) is 8.77. The Balaban J connectivity index is 1.59. The van der Waals surface area contributed by atoms with Gasteiger partial charge in [-0.15, -0.1) is 23.2 Å². The first-order chi connectivity index (χ1) is 14.1. The number of likely N-dealkylation sites (tertiary alicyclic amines) is 1. The molecule has 2 fully saturated rings. The van der Waals surface area contributed by atoms with E-state index in [-0.39, 0.29) is 41.6 Å². The summed E-state index contributed by atoms with van der Waals surface area (Å²) >= 11 is 12.1. The number of halogens is 2. The number of nitrogens with two attached hydrogens (primary N) is 1. The highest BCUT2D eigenvalue weighted by Gasteiger charge is 2.55. The Bertz CT molecular complexity index is 878. The van der Waals surface area contributed by atoms with E-state index >= 15 is 0 Å². The molecule has 11 heteroatoms. The van der Waals surface area contributed by atoms with Crippen LogP contribution in [0.25, 0.3) is 0 Å². The van der Waals surface area contributed by atoms with Crippen molar-refractivity contribution >= 4 is 52.3 Å². The zero-order valence-electron chi connectivity index (χ0n) is 16.5. The molecule has 5 N–H and O–H groups in total. The molecule has 0 radical (unpaired) electrons. The summed E-state index contributed by atoms with van der Waals surface area (Å²) in [4.78, 5) is 42.3. The predicted molar refractivity (Wildman–Crippen MR) is 114 cm³/mol. The van der Waals surface area contributed by atoms with Gasteiger partial charge < -0.3 is 21.3 Å². The summed E-state index contributed by atoms with van der Waals surface area (Å²) in [6, 6.07) is 0.734. The lowest BCUT2D eigenvalue weighted by Gasteiger charge is -2.26. The second-order valence-corrected chi connectivity index (χ2v) is 9.17. The maximum atomic E-state index is 12.8. The molecule has 1 saturated carbocycles. The van der Waals surface area contributed by atoms with E-state index in [0.717, 1.165) is 6.42 Å². The number of carbonyl (C=O) groups excluding carboxylic acids is 3. The number of primary amides is 1. The third-order valence-corrected chi connectivity index (χ3v) is 6.36. The van der Waals surface area contributed by atoms with Crippen LogP contribution in [0.5, 0.6) is 0 Å². The minimum atomic E-state index is -0.880. The Morgan fingerprint density at radius 1 is 1.43 bits per heavy atom. The van der Waals surface area contributed by atoms with Crippen LogP contribution in [0.4, 0.5) is 5.69 Å². The van der Waals surface area contributed by atoms with Crippen molar-refractivity contribution in [2.24, 2.45) is 11.7 Å². The van der Waals surface area contributed by atoms with Crippen molar-refractivity contribution in [2.75, 3.05) is 18.4 Å². The first-order valence-corrected chi connectivity index (χ1v) is 10.4. The van der Waals surface area contributed by atoms with Gasteiger partial charge in [-0.1, -0.05) is 0 Å². The van der Waals surface area contributed by atoms with Crippen LogP contribution in [-0.2, 0) is 14.4 Å². The minimum absolute atomic E-state index is 0.00146. The Labute approximate surface area is 184 Å². The van der Waals surface area contributed by atoms with E-state index < -0.39 is 16.3 Å². The summed E-state index contributed by atoms with van der Waals surface area (Å²) in [5.74, 6) is -1.37. The van der Waals surface area contributed by atoms with Crippen molar-refractivity contribution < 1.29 is 14.4 Å². The molecule has 3 rings (SSSR count). The van der Waals surface area contributed by atoms with E-state index in [9.17, 15) is 14.4 Å². The highest BCUT2D eigenvalue weighted by atomic mass is 35.5. The van der Waals surface area contributed by atoms with Crippen LogP contribution in [0.3, 0.4) is 0 Å². The van der Waals surface area contributed by atoms with Crippen molar-refractivity contribution in [3.05, 3.63) is 24.0 Å². The van der Waals surface area contributed by atoms with Crippen molar-refractivity contribution in [1.82, 2.24) is 15.2 Å². The highest BCUT2D eigenvalue weighted by molar-refractivity contribution is 6.51. The molecular formula is C19H24Cl2N6O3. The predicted octanol–water partition coefficient (Wildman–Crippen LogP) is 1.04. The lowest BCUT2D eigenvalue weighted by Crippen LogP contribution is -2.50. The Hall–Kier alpha value is -2.39. The topological polar surface area (TPSA) is 141 Å². The summed E-state index contributed by atoms with van der Waals surface area (Å²) in [5.41, 5.74) is 5.40. The molecule has 1 aliphatic carbocycles. The van der Waals surface area contributed by atoms with Gasteiger partial charge in [-0.05, 0) is 32.3 Å². The van der Waals surface area contributed by atoms with Gasteiger partial charge in [-0.3, -0.25) is 24.8 Å². The first-order valence-electron chi connectivity index (χ1n) is 9.66. The zero-order chi connectivity index (χ0) is 22.1. The van der Waals surface area contributed by atoms with Gasteiger partial charge in [-0.2, -0.15) is 0 Å². The Morgan fingerprint density at radius 2 is 2.13 bits per heavy atom. The average molecular weight is 455 g/mol. The second-order valence-electron chi connectivity index (χ2n) is 7.63. The van der Waals surface area contributed by atoms with Crippen molar-refractivity contribution in [1.29, 1.82) is 5.41 Å². The average Bonchev–Trinajstić information content (AvgIpc) is 3.11. The van der Waals surface area contributed by atoms with E-state index in [1.807, 2.05) is 6.92 Å². The summed E-state index contributed by atoms with van der Waals surface area (Å²) in [7, 11) is 0. The molecule has 1 aliphatic heterocycles. The molecule has 0 aromatic carbocycles. The van der Waals surface area contributed by atoms with Crippen LogP contribution in [0.2, 0.25) is 0 Å². The van der Waals surface area contributed by atoms with Gasteiger partial charge in [0.1, 0.15) is 16.1 Å². The molecule has 9 nitrogen and oxygen atoms in total. The number of nitrogens with zero attached hydrogens (tertiary/aromatic N) is 2. The number of anilines is 1. The molecule has 30 heavy (non-hydrogen) atoms. The standard InChI is InChI=1S/C19H24Cl2N6O3/c1-10(12-7-19(12,20)21)26-18(30)14-3-2-6-27(14)15(28)9-25-13-8-24-5-4-11(13)16(22)17(23)29/h4-5,8,10,12,14,22,25H,2-3,6-7,9H2,1H3,(H2,23,29)(H,26,30)/t10-,12-,14+/m1/s1. The summed E-state index contributed by atoms with van der Waals surface area (Å²) < 4.78 is -0.790. The molecule has 1 aromatic rings. The number of rotatable bonds is 8. The van der Waals surface area contributed by atoms with Crippen molar-refractivity contribution in [2.45, 2.75) is 42.6 Å². The van der Waals surface area contributed by atoms with Gasteiger partial charge in [0.15, 0.2) is 0 Å². The summed E-state index contributed by atoms with van der Waals surface area (Å²) in [6.07, 6.45) is 4.77. The fourth-order valence-electron chi connectivity index (χ4n) is 3.69.